The summed E-state index contributed by atoms with van der Waals surface area (Å²) in [4.78, 5) is 0. The zero-order chi connectivity index (χ0) is 13.1. The summed E-state index contributed by atoms with van der Waals surface area (Å²) >= 11 is 6.30. The van der Waals surface area contributed by atoms with Crippen LogP contribution >= 0.6 is 11.6 Å². The van der Waals surface area contributed by atoms with Crippen LogP contribution in [0.5, 0.6) is 0 Å². The van der Waals surface area contributed by atoms with E-state index in [4.69, 9.17) is 11.6 Å². The number of hydrogen-bond donors (Lipinski definition) is 1. The Balaban J connectivity index is 2.32. The maximum absolute atomic E-state index is 6.30. The first-order chi connectivity index (χ1) is 8.66. The van der Waals surface area contributed by atoms with E-state index in [9.17, 15) is 0 Å². The first-order valence-corrected chi connectivity index (χ1v) is 6.97. The smallest absolute Gasteiger partial charge is 0.0672 e. The van der Waals surface area contributed by atoms with Crippen LogP contribution in [0.3, 0.4) is 0 Å². The summed E-state index contributed by atoms with van der Waals surface area (Å²) < 4.78 is 2.21. The molecule has 1 N–H and O–H groups in total. The summed E-state index contributed by atoms with van der Waals surface area (Å²) in [5, 5.41) is 5.52. The van der Waals surface area contributed by atoms with E-state index in [0.29, 0.717) is 0 Å². The minimum Gasteiger partial charge on any atom is -0.346 e. The second-order valence-electron chi connectivity index (χ2n) is 4.72. The van der Waals surface area contributed by atoms with Gasteiger partial charge in [0.1, 0.15) is 0 Å². The molecule has 0 bridgehead atoms. The number of fused-ring (bicyclic) bond motifs is 1. The zero-order valence-electron chi connectivity index (χ0n) is 11.4. The number of hydrogen-bond acceptors (Lipinski definition) is 1. The van der Waals surface area contributed by atoms with Gasteiger partial charge < -0.3 is 9.88 Å². The molecule has 1 aromatic carbocycles. The molecule has 0 unspecified atom stereocenters. The highest BCUT2D eigenvalue weighted by atomic mass is 35.5. The van der Waals surface area contributed by atoms with Crippen LogP contribution in [0.15, 0.2) is 18.2 Å². The van der Waals surface area contributed by atoms with Gasteiger partial charge in [0.05, 0.1) is 10.5 Å². The first-order valence-electron chi connectivity index (χ1n) is 6.60. The number of nitrogens with one attached hydrogen (secondary N) is 1. The molecule has 98 valence electrons. The Morgan fingerprint density at radius 2 is 2.11 bits per heavy atom. The van der Waals surface area contributed by atoms with Crippen molar-refractivity contribution in [3.05, 3.63) is 34.5 Å². The Morgan fingerprint density at radius 3 is 2.83 bits per heavy atom. The highest BCUT2D eigenvalue weighted by Crippen LogP contribution is 2.30. The Hall–Kier alpha value is -0.990. The van der Waals surface area contributed by atoms with Crippen molar-refractivity contribution in [2.75, 3.05) is 13.1 Å². The average molecular weight is 265 g/mol. The van der Waals surface area contributed by atoms with Crippen molar-refractivity contribution in [3.8, 4) is 0 Å². The monoisotopic (exact) mass is 264 g/mol. The number of nitrogens with zero attached hydrogens (tertiary/aromatic N) is 1. The summed E-state index contributed by atoms with van der Waals surface area (Å²) in [7, 11) is 2.09. The van der Waals surface area contributed by atoms with Crippen molar-refractivity contribution in [1.29, 1.82) is 0 Å². The lowest BCUT2D eigenvalue weighted by molar-refractivity contribution is 0.671. The SMILES string of the molecule is CCNCCCc1c(C)n(C)c2c(Cl)cccc12. The van der Waals surface area contributed by atoms with Gasteiger partial charge in [-0.05, 0) is 44.5 Å². The molecule has 2 rings (SSSR count). The van der Waals surface area contributed by atoms with E-state index in [1.54, 1.807) is 0 Å². The van der Waals surface area contributed by atoms with E-state index in [2.05, 4.69) is 36.8 Å². The molecule has 3 heteroatoms. The van der Waals surface area contributed by atoms with E-state index in [1.807, 2.05) is 12.1 Å². The van der Waals surface area contributed by atoms with Crippen LogP contribution in [0.25, 0.3) is 10.9 Å². The Bertz CT molecular complexity index is 543. The number of aromatic nitrogens is 1. The lowest BCUT2D eigenvalue weighted by Crippen LogP contribution is -2.14. The topological polar surface area (TPSA) is 17.0 Å². The summed E-state index contributed by atoms with van der Waals surface area (Å²) in [6, 6.07) is 6.18. The Labute approximate surface area is 114 Å². The van der Waals surface area contributed by atoms with Crippen molar-refractivity contribution in [1.82, 2.24) is 9.88 Å². The molecular weight excluding hydrogens is 244 g/mol. The van der Waals surface area contributed by atoms with E-state index in [0.717, 1.165) is 30.0 Å². The predicted octanol–water partition coefficient (Wildman–Crippen LogP) is 3.68. The zero-order valence-corrected chi connectivity index (χ0v) is 12.1. The second-order valence-corrected chi connectivity index (χ2v) is 5.12. The van der Waals surface area contributed by atoms with Crippen LogP contribution in [0.4, 0.5) is 0 Å². The predicted molar refractivity (Wildman–Crippen MR) is 79.5 cm³/mol. The number of rotatable bonds is 5. The van der Waals surface area contributed by atoms with Crippen molar-refractivity contribution in [3.63, 3.8) is 0 Å². The van der Waals surface area contributed by atoms with Crippen LogP contribution in [-0.4, -0.2) is 17.7 Å². The van der Waals surface area contributed by atoms with Gasteiger partial charge >= 0.3 is 0 Å². The van der Waals surface area contributed by atoms with Crippen LogP contribution in [0.2, 0.25) is 5.02 Å². The molecule has 0 radical (unpaired) electrons. The molecule has 18 heavy (non-hydrogen) atoms. The fourth-order valence-electron chi connectivity index (χ4n) is 2.55. The molecule has 0 aliphatic carbocycles. The molecule has 1 heterocycles. The van der Waals surface area contributed by atoms with Crippen molar-refractivity contribution in [2.45, 2.75) is 26.7 Å². The van der Waals surface area contributed by atoms with Crippen molar-refractivity contribution in [2.24, 2.45) is 7.05 Å². The number of para-hydroxylation sites is 1. The standard InChI is InChI=1S/C15H21ClN2/c1-4-17-10-6-8-12-11(2)18(3)15-13(12)7-5-9-14(15)16/h5,7,9,17H,4,6,8,10H2,1-3H3. The highest BCUT2D eigenvalue weighted by Gasteiger charge is 2.13. The van der Waals surface area contributed by atoms with Gasteiger partial charge in [0.2, 0.25) is 0 Å². The van der Waals surface area contributed by atoms with Crippen LogP contribution in [0.1, 0.15) is 24.6 Å². The first kappa shape index (κ1) is 13.4. The molecule has 2 nitrogen and oxygen atoms in total. The number of halogens is 1. The van der Waals surface area contributed by atoms with Gasteiger partial charge in [-0.2, -0.15) is 0 Å². The number of aryl methyl sites for hydroxylation is 2. The molecule has 0 saturated carbocycles. The molecule has 0 spiro atoms. The third-order valence-electron chi connectivity index (χ3n) is 3.62. The molecule has 0 atom stereocenters. The fraction of sp³-hybridized carbons (Fsp3) is 0.467. The van der Waals surface area contributed by atoms with Crippen LogP contribution < -0.4 is 5.32 Å². The van der Waals surface area contributed by atoms with Gasteiger partial charge in [-0.15, -0.1) is 0 Å². The van der Waals surface area contributed by atoms with Gasteiger partial charge in [-0.1, -0.05) is 30.7 Å². The molecule has 2 aromatic rings. The lowest BCUT2D eigenvalue weighted by atomic mass is 10.1. The number of benzene rings is 1. The lowest BCUT2D eigenvalue weighted by Gasteiger charge is -2.03. The largest absolute Gasteiger partial charge is 0.346 e. The third-order valence-corrected chi connectivity index (χ3v) is 3.92. The normalized spacial score (nSPS) is 11.3. The van der Waals surface area contributed by atoms with Crippen molar-refractivity contribution >= 4 is 22.5 Å². The molecule has 0 fully saturated rings. The molecule has 0 aliphatic heterocycles. The van der Waals surface area contributed by atoms with Gasteiger partial charge in [-0.3, -0.25) is 0 Å². The summed E-state index contributed by atoms with van der Waals surface area (Å²) in [5.41, 5.74) is 3.93. The van der Waals surface area contributed by atoms with Gasteiger partial charge in [0.25, 0.3) is 0 Å². The molecule has 1 aromatic heterocycles. The average Bonchev–Trinajstić information content (AvgIpc) is 2.60. The van der Waals surface area contributed by atoms with E-state index < -0.39 is 0 Å². The van der Waals surface area contributed by atoms with Crippen LogP contribution in [-0.2, 0) is 13.5 Å². The molecular formula is C15H21ClN2. The van der Waals surface area contributed by atoms with Gasteiger partial charge in [0, 0.05) is 18.1 Å². The van der Waals surface area contributed by atoms with E-state index in [1.165, 1.54) is 23.1 Å². The molecule has 0 aliphatic rings. The summed E-state index contributed by atoms with van der Waals surface area (Å²) in [5.74, 6) is 0. The molecule has 0 amide bonds. The fourth-order valence-corrected chi connectivity index (χ4v) is 2.85. The van der Waals surface area contributed by atoms with E-state index >= 15 is 0 Å². The van der Waals surface area contributed by atoms with Gasteiger partial charge in [-0.25, -0.2) is 0 Å². The van der Waals surface area contributed by atoms with Crippen molar-refractivity contribution < 1.29 is 0 Å². The Kier molecular flexibility index (Phi) is 4.31. The minimum absolute atomic E-state index is 0.844. The Morgan fingerprint density at radius 1 is 1.33 bits per heavy atom. The highest BCUT2D eigenvalue weighted by molar-refractivity contribution is 6.35. The molecule has 0 saturated heterocycles. The maximum Gasteiger partial charge on any atom is 0.0672 e. The summed E-state index contributed by atoms with van der Waals surface area (Å²) in [6.07, 6.45) is 2.27. The quantitative estimate of drug-likeness (QED) is 0.815. The second kappa shape index (κ2) is 5.77. The summed E-state index contributed by atoms with van der Waals surface area (Å²) in [6.45, 7) is 6.44. The third kappa shape index (κ3) is 2.40. The van der Waals surface area contributed by atoms with E-state index in [-0.39, 0.29) is 0 Å². The minimum atomic E-state index is 0.844. The van der Waals surface area contributed by atoms with Crippen LogP contribution in [0, 0.1) is 6.92 Å². The maximum atomic E-state index is 6.30. The van der Waals surface area contributed by atoms with Gasteiger partial charge in [0.15, 0.2) is 0 Å².